The van der Waals surface area contributed by atoms with Crippen molar-refractivity contribution in [2.45, 2.75) is 0 Å². The molecule has 4 rings (SSSR count). The van der Waals surface area contributed by atoms with Gasteiger partial charge in [-0.3, -0.25) is 9.69 Å². The Bertz CT molecular complexity index is 1200. The van der Waals surface area contributed by atoms with Gasteiger partial charge in [0.1, 0.15) is 11.3 Å². The molecular weight excluding hydrogens is 446 g/mol. The normalized spacial score (nSPS) is 14.8. The fraction of sp³-hybridized carbons (Fsp3) is 0. The van der Waals surface area contributed by atoms with Crippen molar-refractivity contribution in [1.82, 2.24) is 0 Å². The van der Waals surface area contributed by atoms with Gasteiger partial charge in [-0.25, -0.2) is 4.79 Å². The summed E-state index contributed by atoms with van der Waals surface area (Å²) in [6, 6.07) is 21.1. The summed E-state index contributed by atoms with van der Waals surface area (Å²) >= 11 is 3.40. The first-order valence-corrected chi connectivity index (χ1v) is 9.88. The van der Waals surface area contributed by atoms with Gasteiger partial charge in [0.2, 0.25) is 0 Å². The molecule has 1 heterocycles. The molecule has 1 aliphatic heterocycles. The van der Waals surface area contributed by atoms with E-state index in [1.54, 1.807) is 12.2 Å². The highest BCUT2D eigenvalue weighted by Gasteiger charge is 2.31. The second-order valence-electron chi connectivity index (χ2n) is 6.69. The van der Waals surface area contributed by atoms with Crippen LogP contribution in [0.3, 0.4) is 0 Å². The molecule has 5 nitrogen and oxygen atoms in total. The smallest absolute Gasteiger partial charge is 0.339 e. The van der Waals surface area contributed by atoms with Gasteiger partial charge in [0.15, 0.2) is 0 Å². The quantitative estimate of drug-likeness (QED) is 0.515. The molecule has 0 atom stereocenters. The molecule has 1 amide bonds. The fourth-order valence-corrected chi connectivity index (χ4v) is 3.53. The lowest BCUT2D eigenvalue weighted by Crippen LogP contribution is -2.25. The zero-order valence-electron chi connectivity index (χ0n) is 15.6. The topological polar surface area (TPSA) is 77.8 Å². The molecule has 0 aromatic heterocycles. The summed E-state index contributed by atoms with van der Waals surface area (Å²) in [5, 5.41) is 19.2. The molecule has 0 aliphatic carbocycles. The number of aromatic carboxylic acids is 1. The van der Waals surface area contributed by atoms with E-state index in [4.69, 9.17) is 0 Å². The molecule has 0 bridgehead atoms. The second-order valence-corrected chi connectivity index (χ2v) is 7.61. The summed E-state index contributed by atoms with van der Waals surface area (Å²) in [5.74, 6) is -1.90. The van der Waals surface area contributed by atoms with Crippen molar-refractivity contribution in [1.29, 1.82) is 0 Å². The number of rotatable bonds is 4. The Kier molecular flexibility index (Phi) is 5.25. The van der Waals surface area contributed by atoms with Crippen molar-refractivity contribution in [3.8, 4) is 5.75 Å². The number of hydrogen-bond donors (Lipinski definition) is 2. The van der Waals surface area contributed by atoms with E-state index in [1.165, 1.54) is 23.1 Å². The van der Waals surface area contributed by atoms with Gasteiger partial charge in [-0.1, -0.05) is 58.4 Å². The maximum absolute atomic E-state index is 13.3. The van der Waals surface area contributed by atoms with Gasteiger partial charge in [-0.2, -0.15) is 0 Å². The minimum Gasteiger partial charge on any atom is -0.507 e. The Hall–Kier alpha value is -3.64. The number of amides is 1. The number of phenols is 1. The fourth-order valence-electron chi connectivity index (χ4n) is 3.27. The van der Waals surface area contributed by atoms with Crippen LogP contribution in [0.1, 0.15) is 21.5 Å². The van der Waals surface area contributed by atoms with E-state index in [1.807, 2.05) is 54.6 Å². The molecule has 3 aromatic carbocycles. The SMILES string of the molecule is O=C(O)c1cc(N2C(=O)/C(=C/c3ccc(Br)cc3)C=C2c2ccccc2)ccc1O. The Morgan fingerprint density at radius 2 is 1.67 bits per heavy atom. The Morgan fingerprint density at radius 1 is 0.967 bits per heavy atom. The standard InChI is InChI=1S/C24H16BrNO4/c25-18-8-6-15(7-9-18)12-17-13-21(16-4-2-1-3-5-16)26(23(17)28)19-10-11-22(27)20(14-19)24(29)30/h1-14,27H,(H,29,30)/b17-12+. The van der Waals surface area contributed by atoms with Crippen molar-refractivity contribution in [2.24, 2.45) is 0 Å². The molecule has 1 aliphatic rings. The van der Waals surface area contributed by atoms with Crippen molar-refractivity contribution < 1.29 is 19.8 Å². The van der Waals surface area contributed by atoms with Crippen LogP contribution in [0.25, 0.3) is 11.8 Å². The number of hydrogen-bond acceptors (Lipinski definition) is 3. The van der Waals surface area contributed by atoms with Crippen LogP contribution < -0.4 is 4.90 Å². The Morgan fingerprint density at radius 3 is 2.33 bits per heavy atom. The zero-order valence-corrected chi connectivity index (χ0v) is 17.2. The van der Waals surface area contributed by atoms with Crippen LogP contribution in [-0.4, -0.2) is 22.1 Å². The number of aromatic hydroxyl groups is 1. The molecular formula is C24H16BrNO4. The van der Waals surface area contributed by atoms with Gasteiger partial charge in [0.05, 0.1) is 11.4 Å². The number of carbonyl (C=O) groups is 2. The highest BCUT2D eigenvalue weighted by molar-refractivity contribution is 9.10. The molecule has 30 heavy (non-hydrogen) atoms. The second kappa shape index (κ2) is 8.00. The van der Waals surface area contributed by atoms with Gasteiger partial charge in [0, 0.05) is 10.0 Å². The van der Waals surface area contributed by atoms with Crippen LogP contribution in [0.5, 0.6) is 5.75 Å². The summed E-state index contributed by atoms with van der Waals surface area (Å²) in [4.78, 5) is 26.2. The van der Waals surface area contributed by atoms with E-state index in [2.05, 4.69) is 15.9 Å². The molecule has 6 heteroatoms. The maximum Gasteiger partial charge on any atom is 0.339 e. The van der Waals surface area contributed by atoms with Crippen LogP contribution in [0.15, 0.2) is 88.9 Å². The average molecular weight is 462 g/mol. The van der Waals surface area contributed by atoms with Crippen molar-refractivity contribution >= 4 is 45.3 Å². The van der Waals surface area contributed by atoms with E-state index >= 15 is 0 Å². The number of halogens is 1. The predicted octanol–water partition coefficient (Wildman–Crippen LogP) is 5.32. The maximum atomic E-state index is 13.3. The van der Waals surface area contributed by atoms with Crippen molar-refractivity contribution in [2.75, 3.05) is 4.90 Å². The lowest BCUT2D eigenvalue weighted by atomic mass is 10.1. The van der Waals surface area contributed by atoms with E-state index < -0.39 is 5.97 Å². The number of benzene rings is 3. The van der Waals surface area contributed by atoms with Gasteiger partial charge in [0.25, 0.3) is 5.91 Å². The van der Waals surface area contributed by atoms with Gasteiger partial charge >= 0.3 is 5.97 Å². The average Bonchev–Trinajstić information content (AvgIpc) is 3.07. The predicted molar refractivity (Wildman–Crippen MR) is 119 cm³/mol. The van der Waals surface area contributed by atoms with Crippen molar-refractivity contribution in [3.63, 3.8) is 0 Å². The summed E-state index contributed by atoms with van der Waals surface area (Å²) in [6.07, 6.45) is 3.57. The minimum atomic E-state index is -1.27. The third kappa shape index (κ3) is 3.77. The van der Waals surface area contributed by atoms with Gasteiger partial charge in [-0.15, -0.1) is 0 Å². The molecule has 148 valence electrons. The molecule has 0 spiro atoms. The number of carboxylic acid groups (broad SMARTS) is 1. The largest absolute Gasteiger partial charge is 0.507 e. The van der Waals surface area contributed by atoms with Crippen LogP contribution in [0, 0.1) is 0 Å². The molecule has 0 saturated carbocycles. The molecule has 0 radical (unpaired) electrons. The van der Waals surface area contributed by atoms with E-state index in [0.29, 0.717) is 17.0 Å². The van der Waals surface area contributed by atoms with Gasteiger partial charge < -0.3 is 10.2 Å². The molecule has 2 N–H and O–H groups in total. The van der Waals surface area contributed by atoms with Crippen LogP contribution in [-0.2, 0) is 4.79 Å². The molecule has 0 unspecified atom stereocenters. The lowest BCUT2D eigenvalue weighted by Gasteiger charge is -2.21. The number of nitrogens with zero attached hydrogens (tertiary/aromatic N) is 1. The Balaban J connectivity index is 1.84. The summed E-state index contributed by atoms with van der Waals surface area (Å²) in [5.41, 5.74) is 2.88. The summed E-state index contributed by atoms with van der Waals surface area (Å²) in [6.45, 7) is 0. The third-order valence-corrected chi connectivity index (χ3v) is 5.24. The number of carboxylic acids is 1. The highest BCUT2D eigenvalue weighted by Crippen LogP contribution is 2.37. The summed E-state index contributed by atoms with van der Waals surface area (Å²) in [7, 11) is 0. The van der Waals surface area contributed by atoms with Crippen LogP contribution in [0.2, 0.25) is 0 Å². The highest BCUT2D eigenvalue weighted by atomic mass is 79.9. The Labute approximate surface area is 181 Å². The van der Waals surface area contributed by atoms with Gasteiger partial charge in [-0.05, 0) is 53.6 Å². The molecule has 0 saturated heterocycles. The first kappa shape index (κ1) is 19.7. The molecule has 3 aromatic rings. The zero-order chi connectivity index (χ0) is 21.3. The number of anilines is 1. The number of carbonyl (C=O) groups excluding carboxylic acids is 1. The lowest BCUT2D eigenvalue weighted by molar-refractivity contribution is -0.113. The van der Waals surface area contributed by atoms with E-state index in [9.17, 15) is 19.8 Å². The van der Waals surface area contributed by atoms with Crippen LogP contribution in [0.4, 0.5) is 5.69 Å². The van der Waals surface area contributed by atoms with Crippen molar-refractivity contribution in [3.05, 3.63) is 106 Å². The summed E-state index contributed by atoms with van der Waals surface area (Å²) < 4.78 is 0.940. The monoisotopic (exact) mass is 461 g/mol. The van der Waals surface area contributed by atoms with E-state index in [-0.39, 0.29) is 17.2 Å². The minimum absolute atomic E-state index is 0.266. The first-order chi connectivity index (χ1) is 14.4. The molecule has 0 fully saturated rings. The van der Waals surface area contributed by atoms with Crippen LogP contribution >= 0.6 is 15.9 Å². The van der Waals surface area contributed by atoms with E-state index in [0.717, 1.165) is 15.6 Å². The first-order valence-electron chi connectivity index (χ1n) is 9.09. The third-order valence-electron chi connectivity index (χ3n) is 4.71.